The second-order valence-electron chi connectivity index (χ2n) is 5.41. The first-order chi connectivity index (χ1) is 10.8. The molecule has 0 radical (unpaired) electrons. The van der Waals surface area contributed by atoms with Crippen molar-refractivity contribution < 1.29 is 4.74 Å². The van der Waals surface area contributed by atoms with Gasteiger partial charge in [-0.1, -0.05) is 17.7 Å². The van der Waals surface area contributed by atoms with Crippen molar-refractivity contribution in [3.8, 4) is 5.75 Å². The predicted octanol–water partition coefficient (Wildman–Crippen LogP) is 3.07. The summed E-state index contributed by atoms with van der Waals surface area (Å²) in [5.41, 5.74) is 1.14. The number of nitrogens with zero attached hydrogens (tertiary/aromatic N) is 3. The molecular formula is C17H20ClN3O. The molecule has 1 aromatic heterocycles. The molecule has 4 nitrogen and oxygen atoms in total. The molecule has 1 saturated heterocycles. The number of aromatic nitrogens is 1. The van der Waals surface area contributed by atoms with Crippen LogP contribution in [0, 0.1) is 0 Å². The monoisotopic (exact) mass is 317 g/mol. The number of pyridine rings is 1. The van der Waals surface area contributed by atoms with Crippen molar-refractivity contribution in [1.29, 1.82) is 0 Å². The van der Waals surface area contributed by atoms with Crippen LogP contribution in [0.5, 0.6) is 5.75 Å². The Morgan fingerprint density at radius 2 is 1.95 bits per heavy atom. The van der Waals surface area contributed by atoms with E-state index in [2.05, 4.69) is 20.9 Å². The van der Waals surface area contributed by atoms with Gasteiger partial charge in [0.05, 0.1) is 7.11 Å². The van der Waals surface area contributed by atoms with Gasteiger partial charge in [-0.2, -0.15) is 0 Å². The molecule has 0 spiro atoms. The van der Waals surface area contributed by atoms with Crippen LogP contribution in [0.1, 0.15) is 5.56 Å². The summed E-state index contributed by atoms with van der Waals surface area (Å²) >= 11 is 6.10. The average molecular weight is 318 g/mol. The summed E-state index contributed by atoms with van der Waals surface area (Å²) < 4.78 is 5.43. The van der Waals surface area contributed by atoms with Crippen molar-refractivity contribution in [2.24, 2.45) is 0 Å². The van der Waals surface area contributed by atoms with Crippen molar-refractivity contribution in [3.05, 3.63) is 53.2 Å². The molecule has 0 unspecified atom stereocenters. The normalized spacial score (nSPS) is 15.8. The minimum Gasteiger partial charge on any atom is -0.496 e. The third-order valence-corrected chi connectivity index (χ3v) is 4.22. The molecule has 3 rings (SSSR count). The average Bonchev–Trinajstić information content (AvgIpc) is 2.57. The molecule has 0 N–H and O–H groups in total. The molecule has 22 heavy (non-hydrogen) atoms. The molecule has 5 heteroatoms. The highest BCUT2D eigenvalue weighted by Gasteiger charge is 2.19. The number of piperazine rings is 1. The lowest BCUT2D eigenvalue weighted by Crippen LogP contribution is -2.46. The van der Waals surface area contributed by atoms with E-state index in [1.165, 1.54) is 0 Å². The Bertz CT molecular complexity index is 613. The lowest BCUT2D eigenvalue weighted by Gasteiger charge is -2.35. The molecule has 116 valence electrons. The van der Waals surface area contributed by atoms with Crippen LogP contribution >= 0.6 is 11.6 Å². The Morgan fingerprint density at radius 3 is 2.64 bits per heavy atom. The summed E-state index contributed by atoms with van der Waals surface area (Å²) in [5, 5.41) is 0.753. The first-order valence-electron chi connectivity index (χ1n) is 7.47. The van der Waals surface area contributed by atoms with Gasteiger partial charge in [0, 0.05) is 49.5 Å². The summed E-state index contributed by atoms with van der Waals surface area (Å²) in [6.07, 6.45) is 1.85. The maximum atomic E-state index is 6.10. The Morgan fingerprint density at radius 1 is 1.14 bits per heavy atom. The Hall–Kier alpha value is -1.78. The van der Waals surface area contributed by atoms with Crippen molar-refractivity contribution >= 4 is 17.4 Å². The molecular weight excluding hydrogens is 298 g/mol. The van der Waals surface area contributed by atoms with Gasteiger partial charge < -0.3 is 9.64 Å². The zero-order valence-electron chi connectivity index (χ0n) is 12.7. The van der Waals surface area contributed by atoms with Gasteiger partial charge in [0.1, 0.15) is 11.6 Å². The van der Waals surface area contributed by atoms with Gasteiger partial charge in [0.2, 0.25) is 0 Å². The number of ether oxygens (including phenoxy) is 1. The van der Waals surface area contributed by atoms with Crippen LogP contribution in [0.2, 0.25) is 5.02 Å². The second-order valence-corrected chi connectivity index (χ2v) is 5.84. The quantitative estimate of drug-likeness (QED) is 0.866. The Kier molecular flexibility index (Phi) is 4.80. The van der Waals surface area contributed by atoms with Crippen LogP contribution in [0.15, 0.2) is 42.6 Å². The summed E-state index contributed by atoms with van der Waals surface area (Å²) in [6, 6.07) is 11.8. The molecule has 1 fully saturated rings. The van der Waals surface area contributed by atoms with Gasteiger partial charge in [-0.05, 0) is 30.3 Å². The zero-order valence-corrected chi connectivity index (χ0v) is 13.5. The first kappa shape index (κ1) is 15.1. The molecule has 0 aliphatic carbocycles. The van der Waals surface area contributed by atoms with Crippen molar-refractivity contribution in [2.75, 3.05) is 38.2 Å². The second kappa shape index (κ2) is 6.99. The molecule has 2 aromatic rings. The molecule has 0 atom stereocenters. The fourth-order valence-corrected chi connectivity index (χ4v) is 2.98. The highest BCUT2D eigenvalue weighted by molar-refractivity contribution is 6.30. The third-order valence-electron chi connectivity index (χ3n) is 3.98. The Labute approximate surface area is 136 Å². The van der Waals surface area contributed by atoms with Crippen molar-refractivity contribution in [2.45, 2.75) is 6.54 Å². The van der Waals surface area contributed by atoms with Crippen LogP contribution in [0.3, 0.4) is 0 Å². The summed E-state index contributed by atoms with van der Waals surface area (Å²) in [7, 11) is 1.70. The fourth-order valence-electron chi connectivity index (χ4n) is 2.79. The number of halogens is 1. The molecule has 0 bridgehead atoms. The van der Waals surface area contributed by atoms with E-state index in [1.807, 2.05) is 36.5 Å². The Balaban J connectivity index is 1.62. The molecule has 1 aromatic carbocycles. The highest BCUT2D eigenvalue weighted by Crippen LogP contribution is 2.24. The van der Waals surface area contributed by atoms with E-state index in [0.717, 1.165) is 54.9 Å². The minimum atomic E-state index is 0.753. The van der Waals surface area contributed by atoms with Crippen molar-refractivity contribution in [3.63, 3.8) is 0 Å². The third kappa shape index (κ3) is 3.51. The van der Waals surface area contributed by atoms with Crippen molar-refractivity contribution in [1.82, 2.24) is 9.88 Å². The number of benzene rings is 1. The van der Waals surface area contributed by atoms with E-state index in [1.54, 1.807) is 7.11 Å². The van der Waals surface area contributed by atoms with Gasteiger partial charge in [-0.15, -0.1) is 0 Å². The molecule has 1 aliphatic rings. The van der Waals surface area contributed by atoms with E-state index in [-0.39, 0.29) is 0 Å². The van der Waals surface area contributed by atoms with E-state index in [0.29, 0.717) is 0 Å². The van der Waals surface area contributed by atoms with E-state index in [9.17, 15) is 0 Å². The predicted molar refractivity (Wildman–Crippen MR) is 89.7 cm³/mol. The maximum Gasteiger partial charge on any atom is 0.128 e. The van der Waals surface area contributed by atoms with Gasteiger partial charge in [-0.3, -0.25) is 4.90 Å². The molecule has 0 saturated carbocycles. The van der Waals surface area contributed by atoms with E-state index in [4.69, 9.17) is 16.3 Å². The molecule has 2 heterocycles. The summed E-state index contributed by atoms with van der Waals surface area (Å²) in [6.45, 7) is 4.85. The van der Waals surface area contributed by atoms with Gasteiger partial charge in [0.15, 0.2) is 0 Å². The first-order valence-corrected chi connectivity index (χ1v) is 7.85. The topological polar surface area (TPSA) is 28.6 Å². The minimum absolute atomic E-state index is 0.753. The number of methoxy groups -OCH3 is 1. The van der Waals surface area contributed by atoms with Gasteiger partial charge in [0.25, 0.3) is 0 Å². The van der Waals surface area contributed by atoms with E-state index < -0.39 is 0 Å². The highest BCUT2D eigenvalue weighted by atomic mass is 35.5. The van der Waals surface area contributed by atoms with Gasteiger partial charge >= 0.3 is 0 Å². The smallest absolute Gasteiger partial charge is 0.128 e. The standard InChI is InChI=1S/C17H20ClN3O/c1-22-16-6-5-15(18)12-14(16)13-20-8-10-21(11-9-20)17-4-2-3-7-19-17/h2-7,12H,8-11,13H2,1H3. The molecule has 0 amide bonds. The number of rotatable bonds is 4. The van der Waals surface area contributed by atoms with Gasteiger partial charge in [-0.25, -0.2) is 4.98 Å². The fraction of sp³-hybridized carbons (Fsp3) is 0.353. The molecule has 1 aliphatic heterocycles. The zero-order chi connectivity index (χ0) is 15.4. The summed E-state index contributed by atoms with van der Waals surface area (Å²) in [4.78, 5) is 9.17. The van der Waals surface area contributed by atoms with Crippen LogP contribution in [-0.2, 0) is 6.54 Å². The lowest BCUT2D eigenvalue weighted by atomic mass is 10.1. The van der Waals surface area contributed by atoms with Crippen LogP contribution in [-0.4, -0.2) is 43.2 Å². The van der Waals surface area contributed by atoms with Crippen LogP contribution < -0.4 is 9.64 Å². The lowest BCUT2D eigenvalue weighted by molar-refractivity contribution is 0.245. The number of hydrogen-bond acceptors (Lipinski definition) is 4. The van der Waals surface area contributed by atoms with Crippen LogP contribution in [0.25, 0.3) is 0 Å². The maximum absolute atomic E-state index is 6.10. The number of hydrogen-bond donors (Lipinski definition) is 0. The largest absolute Gasteiger partial charge is 0.496 e. The summed E-state index contributed by atoms with van der Waals surface area (Å²) in [5.74, 6) is 1.96. The van der Waals surface area contributed by atoms with Crippen LogP contribution in [0.4, 0.5) is 5.82 Å². The SMILES string of the molecule is COc1ccc(Cl)cc1CN1CCN(c2ccccn2)CC1. The van der Waals surface area contributed by atoms with E-state index >= 15 is 0 Å². The number of anilines is 1.